The van der Waals surface area contributed by atoms with Crippen LogP contribution < -0.4 is 15.4 Å². The fraction of sp³-hybridized carbons (Fsp3) is 0.219. The average Bonchev–Trinajstić information content (AvgIpc) is 3.42. The number of anilines is 3. The molecular weight excluding hydrogens is 541 g/mol. The van der Waals surface area contributed by atoms with E-state index in [0.717, 1.165) is 13.1 Å². The molecule has 1 amide bonds. The maximum absolute atomic E-state index is 13.5. The molecule has 2 heterocycles. The van der Waals surface area contributed by atoms with Crippen molar-refractivity contribution in [3.8, 4) is 17.6 Å². The van der Waals surface area contributed by atoms with Gasteiger partial charge in [0, 0.05) is 30.1 Å². The molecular formula is C32H27ClFN5O2. The predicted molar refractivity (Wildman–Crippen MR) is 159 cm³/mol. The van der Waals surface area contributed by atoms with Crippen molar-refractivity contribution in [2.45, 2.75) is 6.61 Å². The van der Waals surface area contributed by atoms with Crippen molar-refractivity contribution in [1.29, 1.82) is 0 Å². The van der Waals surface area contributed by atoms with Crippen LogP contribution in [0.15, 0.2) is 73.6 Å². The van der Waals surface area contributed by atoms with Crippen molar-refractivity contribution in [3.63, 3.8) is 0 Å². The molecule has 2 fully saturated rings. The molecule has 1 saturated carbocycles. The number of rotatable bonds is 7. The molecule has 9 heteroatoms. The quantitative estimate of drug-likeness (QED) is 0.210. The molecule has 0 spiro atoms. The molecule has 1 aliphatic heterocycles. The van der Waals surface area contributed by atoms with Crippen molar-refractivity contribution in [2.75, 3.05) is 30.8 Å². The number of benzene rings is 3. The van der Waals surface area contributed by atoms with Crippen molar-refractivity contribution < 1.29 is 13.9 Å². The van der Waals surface area contributed by atoms with Gasteiger partial charge < -0.3 is 20.3 Å². The molecule has 3 aromatic carbocycles. The van der Waals surface area contributed by atoms with E-state index >= 15 is 0 Å². The SMILES string of the molecule is C=CC(=O)Nc1cc2c(Nc3ccc(OCc4cccc(F)c4)c(Cl)c3)ncnc2cc1C#C[C@@H]1[C@H]2CN(C)C[C@@H]12. The van der Waals surface area contributed by atoms with Gasteiger partial charge in [0.05, 0.1) is 21.8 Å². The van der Waals surface area contributed by atoms with Crippen molar-refractivity contribution in [1.82, 2.24) is 14.9 Å². The molecule has 0 radical (unpaired) electrons. The first-order valence-electron chi connectivity index (χ1n) is 13.2. The summed E-state index contributed by atoms with van der Waals surface area (Å²) in [6.07, 6.45) is 2.70. The summed E-state index contributed by atoms with van der Waals surface area (Å²) in [5, 5.41) is 7.25. The lowest BCUT2D eigenvalue weighted by Crippen LogP contribution is -2.18. The number of nitrogens with one attached hydrogen (secondary N) is 2. The Morgan fingerprint density at radius 1 is 1.20 bits per heavy atom. The Kier molecular flexibility index (Phi) is 7.31. The zero-order valence-electron chi connectivity index (χ0n) is 22.3. The number of ether oxygens (including phenoxy) is 1. The van der Waals surface area contributed by atoms with Crippen LogP contribution in [0.4, 0.5) is 21.6 Å². The van der Waals surface area contributed by atoms with Crippen molar-refractivity contribution in [2.24, 2.45) is 17.8 Å². The third kappa shape index (κ3) is 5.87. The van der Waals surface area contributed by atoms with E-state index in [1.807, 2.05) is 18.2 Å². The van der Waals surface area contributed by atoms with E-state index in [1.165, 1.54) is 24.5 Å². The summed E-state index contributed by atoms with van der Waals surface area (Å²) in [5.41, 5.74) is 3.32. The van der Waals surface area contributed by atoms with Gasteiger partial charge in [-0.1, -0.05) is 42.2 Å². The summed E-state index contributed by atoms with van der Waals surface area (Å²) in [6, 6.07) is 15.2. The topological polar surface area (TPSA) is 79.4 Å². The van der Waals surface area contributed by atoms with Crippen LogP contribution in [-0.2, 0) is 11.4 Å². The number of carbonyl (C=O) groups is 1. The van der Waals surface area contributed by atoms with Gasteiger partial charge in [-0.15, -0.1) is 0 Å². The van der Waals surface area contributed by atoms with Crippen molar-refractivity contribution in [3.05, 3.63) is 95.5 Å². The number of aromatic nitrogens is 2. The molecule has 1 aliphatic carbocycles. The molecule has 0 unspecified atom stereocenters. The summed E-state index contributed by atoms with van der Waals surface area (Å²) in [5.74, 6) is 8.72. The van der Waals surface area contributed by atoms with Crippen LogP contribution in [0.2, 0.25) is 5.02 Å². The Labute approximate surface area is 242 Å². The Balaban J connectivity index is 1.24. The van der Waals surface area contributed by atoms with Gasteiger partial charge in [-0.3, -0.25) is 4.79 Å². The normalized spacial score (nSPS) is 19.1. The standard InChI is InChI=1S/C32H27ClFN5O2/c1-3-31(40)38-28-14-24-29(12-20(28)7-9-23-25-15-39(2)16-26(23)25)35-18-36-32(24)37-22-8-10-30(27(33)13-22)41-17-19-5-4-6-21(34)11-19/h3-6,8,10-14,18,23,25-26H,1,15-17H2,2H3,(H,38,40)(H,35,36,37)/t23-,25-,26+. The minimum Gasteiger partial charge on any atom is -0.487 e. The van der Waals surface area contributed by atoms with E-state index in [9.17, 15) is 9.18 Å². The van der Waals surface area contributed by atoms with Crippen molar-refractivity contribution >= 4 is 45.6 Å². The smallest absolute Gasteiger partial charge is 0.247 e. The molecule has 7 nitrogen and oxygen atoms in total. The molecule has 4 aromatic rings. The molecule has 206 valence electrons. The van der Waals surface area contributed by atoms with Gasteiger partial charge in [-0.25, -0.2) is 14.4 Å². The first kappa shape index (κ1) is 26.8. The van der Waals surface area contributed by atoms with Gasteiger partial charge in [-0.05, 0) is 73.0 Å². The monoisotopic (exact) mass is 567 g/mol. The van der Waals surface area contributed by atoms with Gasteiger partial charge in [0.25, 0.3) is 0 Å². The van der Waals surface area contributed by atoms with Gasteiger partial charge in [0.2, 0.25) is 5.91 Å². The average molecular weight is 568 g/mol. The van der Waals surface area contributed by atoms with E-state index < -0.39 is 0 Å². The number of carbonyl (C=O) groups excluding carboxylic acids is 1. The van der Waals surface area contributed by atoms with Crippen LogP contribution in [0.3, 0.4) is 0 Å². The lowest BCUT2D eigenvalue weighted by atomic mass is 10.1. The molecule has 3 atom stereocenters. The van der Waals surface area contributed by atoms with E-state index in [-0.39, 0.29) is 18.3 Å². The van der Waals surface area contributed by atoms with Crippen LogP contribution in [0.1, 0.15) is 11.1 Å². The Morgan fingerprint density at radius 2 is 2.02 bits per heavy atom. The third-order valence-corrected chi connectivity index (χ3v) is 7.74. The maximum Gasteiger partial charge on any atom is 0.247 e. The zero-order valence-corrected chi connectivity index (χ0v) is 23.1. The molecule has 1 aromatic heterocycles. The van der Waals surface area contributed by atoms with Crippen LogP contribution in [0.25, 0.3) is 10.9 Å². The highest BCUT2D eigenvalue weighted by atomic mass is 35.5. The number of amides is 1. The molecule has 2 N–H and O–H groups in total. The number of hydrogen-bond acceptors (Lipinski definition) is 6. The van der Waals surface area contributed by atoms with Crippen LogP contribution in [0.5, 0.6) is 5.75 Å². The number of fused-ring (bicyclic) bond motifs is 2. The largest absolute Gasteiger partial charge is 0.487 e. The second kappa shape index (κ2) is 11.2. The molecule has 0 bridgehead atoms. The second-order valence-corrected chi connectivity index (χ2v) is 10.8. The van der Waals surface area contributed by atoms with Crippen LogP contribution in [0, 0.1) is 35.4 Å². The third-order valence-electron chi connectivity index (χ3n) is 7.45. The van der Waals surface area contributed by atoms with E-state index in [1.54, 1.807) is 24.3 Å². The van der Waals surface area contributed by atoms with E-state index in [4.69, 9.17) is 16.3 Å². The Bertz CT molecular complexity index is 1720. The first-order valence-corrected chi connectivity index (χ1v) is 13.6. The highest BCUT2D eigenvalue weighted by molar-refractivity contribution is 6.32. The highest BCUT2D eigenvalue weighted by Crippen LogP contribution is 2.50. The summed E-state index contributed by atoms with van der Waals surface area (Å²) in [6.45, 7) is 5.91. The Hall–Kier alpha value is -4.45. The lowest BCUT2D eigenvalue weighted by Gasteiger charge is -2.13. The number of likely N-dealkylation sites (tertiary alicyclic amines) is 1. The summed E-state index contributed by atoms with van der Waals surface area (Å²) in [4.78, 5) is 23.5. The van der Waals surface area contributed by atoms with Gasteiger partial charge in [0.15, 0.2) is 0 Å². The van der Waals surface area contributed by atoms with Gasteiger partial charge >= 0.3 is 0 Å². The van der Waals surface area contributed by atoms with Gasteiger partial charge in [-0.2, -0.15) is 0 Å². The molecule has 2 aliphatic rings. The van der Waals surface area contributed by atoms with Crippen LogP contribution in [-0.4, -0.2) is 40.9 Å². The number of halogens is 2. The fourth-order valence-electron chi connectivity index (χ4n) is 5.33. The molecule has 1 saturated heterocycles. The summed E-state index contributed by atoms with van der Waals surface area (Å²) >= 11 is 6.49. The van der Waals surface area contributed by atoms with Gasteiger partial charge in [0.1, 0.15) is 30.3 Å². The predicted octanol–water partition coefficient (Wildman–Crippen LogP) is 6.03. The fourth-order valence-corrected chi connectivity index (χ4v) is 5.56. The number of hydrogen-bond donors (Lipinski definition) is 2. The molecule has 6 rings (SSSR count). The second-order valence-electron chi connectivity index (χ2n) is 10.4. The lowest BCUT2D eigenvalue weighted by molar-refractivity contribution is -0.111. The summed E-state index contributed by atoms with van der Waals surface area (Å²) < 4.78 is 19.3. The van der Waals surface area contributed by atoms with E-state index in [2.05, 4.69) is 51.0 Å². The minimum absolute atomic E-state index is 0.185. The maximum atomic E-state index is 13.5. The summed E-state index contributed by atoms with van der Waals surface area (Å²) in [7, 11) is 2.14. The Morgan fingerprint density at radius 3 is 2.78 bits per heavy atom. The molecule has 41 heavy (non-hydrogen) atoms. The van der Waals surface area contributed by atoms with Crippen LogP contribution >= 0.6 is 11.6 Å². The highest BCUT2D eigenvalue weighted by Gasteiger charge is 2.53. The minimum atomic E-state index is -0.329. The van der Waals surface area contributed by atoms with E-state index in [0.29, 0.717) is 67.7 Å². The number of nitrogens with zero attached hydrogens (tertiary/aromatic N) is 3. The first-order chi connectivity index (χ1) is 19.9. The zero-order chi connectivity index (χ0) is 28.5. The number of piperidine rings is 1.